The van der Waals surface area contributed by atoms with E-state index in [4.69, 9.17) is 4.74 Å². The lowest BCUT2D eigenvalue weighted by molar-refractivity contribution is -0.144. The van der Waals surface area contributed by atoms with Gasteiger partial charge in [-0.25, -0.2) is 4.98 Å². The molecule has 0 aliphatic carbocycles. The number of hydrogen-bond donors (Lipinski definition) is 2. The van der Waals surface area contributed by atoms with Crippen LogP contribution in [-0.2, 0) is 12.7 Å². The van der Waals surface area contributed by atoms with Crippen molar-refractivity contribution in [3.8, 4) is 16.9 Å². The molecule has 0 aliphatic rings. The van der Waals surface area contributed by atoms with Gasteiger partial charge in [0.05, 0.1) is 19.2 Å². The van der Waals surface area contributed by atoms with Crippen LogP contribution < -0.4 is 10.1 Å². The fraction of sp³-hybridized carbons (Fsp3) is 0.176. The summed E-state index contributed by atoms with van der Waals surface area (Å²) in [5, 5.41) is 7.69. The van der Waals surface area contributed by atoms with E-state index in [0.717, 1.165) is 5.56 Å². The highest BCUT2D eigenvalue weighted by Gasteiger charge is 2.36. The minimum Gasteiger partial charge on any atom is -0.497 e. The Bertz CT molecular complexity index is 938. The number of rotatable bonds is 5. The van der Waals surface area contributed by atoms with Crippen LogP contribution in [0.15, 0.2) is 42.7 Å². The van der Waals surface area contributed by atoms with E-state index in [-0.39, 0.29) is 17.9 Å². The summed E-state index contributed by atoms with van der Waals surface area (Å²) in [6.45, 7) is -0.228. The number of nitrogens with zero attached hydrogens (tertiary/aromatic N) is 3. The molecule has 10 heteroatoms. The average Bonchev–Trinajstić information content (AvgIpc) is 3.16. The molecule has 0 spiro atoms. The second-order valence-corrected chi connectivity index (χ2v) is 5.48. The minimum absolute atomic E-state index is 0.102. The molecule has 0 bridgehead atoms. The topological polar surface area (TPSA) is 92.8 Å². The highest BCUT2D eigenvalue weighted by atomic mass is 19.4. The Hall–Kier alpha value is -3.43. The number of hydrogen-bond acceptors (Lipinski definition) is 5. The summed E-state index contributed by atoms with van der Waals surface area (Å²) in [5.74, 6) is -1.18. The number of alkyl halides is 3. The molecular weight excluding hydrogens is 363 g/mol. The zero-order chi connectivity index (χ0) is 19.4. The van der Waals surface area contributed by atoms with Gasteiger partial charge in [0.25, 0.3) is 11.7 Å². The third-order valence-electron chi connectivity index (χ3n) is 3.63. The van der Waals surface area contributed by atoms with Crippen LogP contribution in [0.3, 0.4) is 0 Å². The van der Waals surface area contributed by atoms with Gasteiger partial charge in [-0.2, -0.15) is 13.2 Å². The summed E-state index contributed by atoms with van der Waals surface area (Å²) in [4.78, 5) is 19.6. The number of benzene rings is 1. The van der Waals surface area contributed by atoms with Gasteiger partial charge in [0.15, 0.2) is 0 Å². The van der Waals surface area contributed by atoms with Crippen LogP contribution in [-0.4, -0.2) is 33.2 Å². The molecule has 0 radical (unpaired) electrons. The molecule has 0 saturated heterocycles. The number of amides is 1. The number of methoxy groups -OCH3 is 1. The van der Waals surface area contributed by atoms with Crippen molar-refractivity contribution in [1.82, 2.24) is 25.5 Å². The standard InChI is InChI=1S/C17H14F3N5O2/c1-27-13-4-2-10(3-5-13)11-6-12(8-21-7-11)15(26)22-9-14-23-16(25-24-14)17(18,19)20/h2-8H,9H2,1H3,(H,22,26)(H,23,24,25). The number of ether oxygens (including phenoxy) is 1. The molecule has 0 unspecified atom stereocenters. The molecular formula is C17H14F3N5O2. The Labute approximate surface area is 151 Å². The molecule has 2 N–H and O–H groups in total. The predicted octanol–water partition coefficient (Wildman–Crippen LogP) is 2.82. The summed E-state index contributed by atoms with van der Waals surface area (Å²) in [7, 11) is 1.56. The quantitative estimate of drug-likeness (QED) is 0.713. The van der Waals surface area contributed by atoms with Crippen molar-refractivity contribution in [2.45, 2.75) is 12.7 Å². The fourth-order valence-corrected chi connectivity index (χ4v) is 2.27. The number of halogens is 3. The molecule has 0 atom stereocenters. The third-order valence-corrected chi connectivity index (χ3v) is 3.63. The van der Waals surface area contributed by atoms with Gasteiger partial charge in [0, 0.05) is 18.0 Å². The molecule has 27 heavy (non-hydrogen) atoms. The van der Waals surface area contributed by atoms with E-state index in [1.165, 1.54) is 6.20 Å². The molecule has 0 fully saturated rings. The highest BCUT2D eigenvalue weighted by Crippen LogP contribution is 2.25. The Morgan fingerprint density at radius 1 is 1.19 bits per heavy atom. The zero-order valence-corrected chi connectivity index (χ0v) is 14.0. The largest absolute Gasteiger partial charge is 0.497 e. The number of carbonyl (C=O) groups is 1. The molecule has 140 valence electrons. The van der Waals surface area contributed by atoms with E-state index in [0.29, 0.717) is 11.3 Å². The normalized spacial score (nSPS) is 11.3. The van der Waals surface area contributed by atoms with E-state index in [1.54, 1.807) is 31.5 Å². The Morgan fingerprint density at radius 2 is 1.93 bits per heavy atom. The number of nitrogens with one attached hydrogen (secondary N) is 2. The van der Waals surface area contributed by atoms with Crippen LogP contribution in [0.1, 0.15) is 22.0 Å². The van der Waals surface area contributed by atoms with Crippen molar-refractivity contribution in [1.29, 1.82) is 0 Å². The van der Waals surface area contributed by atoms with Gasteiger partial charge in [-0.05, 0) is 23.8 Å². The predicted molar refractivity (Wildman–Crippen MR) is 88.8 cm³/mol. The molecule has 1 amide bonds. The van der Waals surface area contributed by atoms with Gasteiger partial charge >= 0.3 is 6.18 Å². The summed E-state index contributed by atoms with van der Waals surface area (Å²) in [5.41, 5.74) is 1.81. The SMILES string of the molecule is COc1ccc(-c2cncc(C(=O)NCc3nc(C(F)(F)F)n[nH]3)c2)cc1. The molecule has 1 aromatic carbocycles. The lowest BCUT2D eigenvalue weighted by atomic mass is 10.1. The van der Waals surface area contributed by atoms with Crippen LogP contribution in [0.2, 0.25) is 0 Å². The molecule has 2 heterocycles. The van der Waals surface area contributed by atoms with Crippen molar-refractivity contribution in [2.24, 2.45) is 0 Å². The van der Waals surface area contributed by atoms with E-state index in [9.17, 15) is 18.0 Å². The molecule has 0 aliphatic heterocycles. The average molecular weight is 377 g/mol. The number of carbonyl (C=O) groups excluding carboxylic acids is 1. The van der Waals surface area contributed by atoms with E-state index < -0.39 is 17.9 Å². The van der Waals surface area contributed by atoms with E-state index >= 15 is 0 Å². The lowest BCUT2D eigenvalue weighted by Crippen LogP contribution is -2.23. The molecule has 2 aromatic heterocycles. The summed E-state index contributed by atoms with van der Waals surface area (Å²) >= 11 is 0. The lowest BCUT2D eigenvalue weighted by Gasteiger charge is -2.06. The van der Waals surface area contributed by atoms with Crippen LogP contribution in [0.5, 0.6) is 5.75 Å². The van der Waals surface area contributed by atoms with Crippen LogP contribution in [0, 0.1) is 0 Å². The van der Waals surface area contributed by atoms with Crippen molar-refractivity contribution >= 4 is 5.91 Å². The maximum Gasteiger partial charge on any atom is 0.453 e. The first-order valence-corrected chi connectivity index (χ1v) is 7.73. The van der Waals surface area contributed by atoms with E-state index in [1.807, 2.05) is 12.1 Å². The van der Waals surface area contributed by atoms with Crippen molar-refractivity contribution in [2.75, 3.05) is 7.11 Å². The first kappa shape index (κ1) is 18.4. The van der Waals surface area contributed by atoms with Crippen LogP contribution >= 0.6 is 0 Å². The maximum absolute atomic E-state index is 12.5. The first-order valence-electron chi connectivity index (χ1n) is 7.73. The second-order valence-electron chi connectivity index (χ2n) is 5.48. The van der Waals surface area contributed by atoms with Crippen LogP contribution in [0.4, 0.5) is 13.2 Å². The summed E-state index contributed by atoms with van der Waals surface area (Å²) < 4.78 is 42.5. The highest BCUT2D eigenvalue weighted by molar-refractivity contribution is 5.94. The number of pyridine rings is 1. The zero-order valence-electron chi connectivity index (χ0n) is 14.0. The van der Waals surface area contributed by atoms with Gasteiger partial charge in [-0.15, -0.1) is 5.10 Å². The summed E-state index contributed by atoms with van der Waals surface area (Å²) in [6, 6.07) is 8.84. The Morgan fingerprint density at radius 3 is 2.56 bits per heavy atom. The number of aromatic amines is 1. The van der Waals surface area contributed by atoms with Gasteiger partial charge in [-0.3, -0.25) is 14.9 Å². The third kappa shape index (κ3) is 4.40. The fourth-order valence-electron chi connectivity index (χ4n) is 2.27. The summed E-state index contributed by atoms with van der Waals surface area (Å²) in [6.07, 6.45) is -1.68. The smallest absolute Gasteiger partial charge is 0.453 e. The van der Waals surface area contributed by atoms with Gasteiger partial charge in [0.2, 0.25) is 0 Å². The second kappa shape index (κ2) is 7.44. The van der Waals surface area contributed by atoms with E-state index in [2.05, 4.69) is 25.5 Å². The van der Waals surface area contributed by atoms with Crippen molar-refractivity contribution < 1.29 is 22.7 Å². The molecule has 3 rings (SSSR count). The Kier molecular flexibility index (Phi) is 5.06. The van der Waals surface area contributed by atoms with Gasteiger partial charge in [0.1, 0.15) is 11.6 Å². The monoisotopic (exact) mass is 377 g/mol. The molecule has 0 saturated carbocycles. The maximum atomic E-state index is 12.5. The number of aromatic nitrogens is 4. The molecule has 7 nitrogen and oxygen atoms in total. The Balaban J connectivity index is 1.69. The van der Waals surface area contributed by atoms with Crippen molar-refractivity contribution in [3.05, 3.63) is 59.9 Å². The van der Waals surface area contributed by atoms with Gasteiger partial charge in [-0.1, -0.05) is 12.1 Å². The molecule has 3 aromatic rings. The number of H-pyrrole nitrogens is 1. The minimum atomic E-state index is -4.64. The van der Waals surface area contributed by atoms with Crippen molar-refractivity contribution in [3.63, 3.8) is 0 Å². The first-order chi connectivity index (χ1) is 12.9. The van der Waals surface area contributed by atoms with Crippen LogP contribution in [0.25, 0.3) is 11.1 Å². The van der Waals surface area contributed by atoms with Gasteiger partial charge < -0.3 is 10.1 Å².